The number of nitrogens with two attached hydrogens (primary N) is 1. The molecule has 0 bridgehead atoms. The monoisotopic (exact) mass is 238 g/mol. The smallest absolute Gasteiger partial charge is 0.246 e. The summed E-state index contributed by atoms with van der Waals surface area (Å²) in [6.45, 7) is 0. The number of anilines is 1. The number of ether oxygens (including phenoxy) is 3. The largest absolute Gasteiger partial charge is 0.493 e. The van der Waals surface area contributed by atoms with Crippen LogP contribution in [0.4, 0.5) is 5.69 Å². The first-order valence-electron chi connectivity index (χ1n) is 5.03. The van der Waals surface area contributed by atoms with Crippen molar-refractivity contribution in [2.24, 2.45) is 5.73 Å². The molecule has 1 aliphatic rings. The van der Waals surface area contributed by atoms with E-state index < -0.39 is 6.04 Å². The lowest BCUT2D eigenvalue weighted by Crippen LogP contribution is -2.20. The van der Waals surface area contributed by atoms with Crippen LogP contribution >= 0.6 is 0 Å². The van der Waals surface area contributed by atoms with Crippen molar-refractivity contribution in [1.82, 2.24) is 0 Å². The molecule has 1 aliphatic heterocycles. The Hall–Kier alpha value is -1.95. The maximum atomic E-state index is 11.5. The highest BCUT2D eigenvalue weighted by Crippen LogP contribution is 2.48. The summed E-state index contributed by atoms with van der Waals surface area (Å²) in [4.78, 5) is 11.5. The second-order valence-corrected chi connectivity index (χ2v) is 3.57. The molecular formula is C11H14N2O4. The van der Waals surface area contributed by atoms with Gasteiger partial charge in [0.05, 0.1) is 27.0 Å². The Morgan fingerprint density at radius 2 is 1.82 bits per heavy atom. The lowest BCUT2D eigenvalue weighted by molar-refractivity contribution is -0.116. The van der Waals surface area contributed by atoms with Crippen LogP contribution in [0.1, 0.15) is 11.6 Å². The molecule has 0 aliphatic carbocycles. The summed E-state index contributed by atoms with van der Waals surface area (Å²) >= 11 is 0. The molecule has 1 amide bonds. The third-order valence-corrected chi connectivity index (χ3v) is 2.72. The predicted molar refractivity (Wildman–Crippen MR) is 61.7 cm³/mol. The molecule has 3 N–H and O–H groups in total. The Labute approximate surface area is 98.6 Å². The summed E-state index contributed by atoms with van der Waals surface area (Å²) in [5, 5.41) is 2.67. The van der Waals surface area contributed by atoms with E-state index in [1.807, 2.05) is 0 Å². The van der Waals surface area contributed by atoms with Crippen molar-refractivity contribution in [2.45, 2.75) is 6.04 Å². The zero-order valence-electron chi connectivity index (χ0n) is 9.87. The van der Waals surface area contributed by atoms with Crippen LogP contribution < -0.4 is 25.3 Å². The first-order chi connectivity index (χ1) is 8.13. The van der Waals surface area contributed by atoms with E-state index >= 15 is 0 Å². The Morgan fingerprint density at radius 3 is 2.35 bits per heavy atom. The second-order valence-electron chi connectivity index (χ2n) is 3.57. The fourth-order valence-corrected chi connectivity index (χ4v) is 1.93. The van der Waals surface area contributed by atoms with Crippen molar-refractivity contribution in [3.8, 4) is 17.2 Å². The standard InChI is InChI=1S/C11H14N2O4/c1-15-6-4-5-7(8(12)11(14)13-5)10(17-3)9(6)16-2/h4,8H,12H2,1-3H3,(H,13,14). The molecule has 1 aromatic carbocycles. The molecule has 1 unspecified atom stereocenters. The zero-order chi connectivity index (χ0) is 12.6. The summed E-state index contributed by atoms with van der Waals surface area (Å²) in [6.07, 6.45) is 0. The van der Waals surface area contributed by atoms with Gasteiger partial charge in [-0.15, -0.1) is 0 Å². The molecule has 92 valence electrons. The maximum absolute atomic E-state index is 11.5. The minimum Gasteiger partial charge on any atom is -0.493 e. The van der Waals surface area contributed by atoms with Crippen molar-refractivity contribution in [3.63, 3.8) is 0 Å². The topological polar surface area (TPSA) is 82.8 Å². The number of methoxy groups -OCH3 is 3. The molecule has 0 radical (unpaired) electrons. The van der Waals surface area contributed by atoms with Crippen LogP contribution in [-0.4, -0.2) is 27.2 Å². The number of fused-ring (bicyclic) bond motifs is 1. The molecule has 1 atom stereocenters. The van der Waals surface area contributed by atoms with Crippen molar-refractivity contribution >= 4 is 11.6 Å². The van der Waals surface area contributed by atoms with E-state index in [9.17, 15) is 4.79 Å². The van der Waals surface area contributed by atoms with Crippen LogP contribution in [0.2, 0.25) is 0 Å². The van der Waals surface area contributed by atoms with Crippen LogP contribution in [0.15, 0.2) is 6.07 Å². The number of rotatable bonds is 3. The highest BCUT2D eigenvalue weighted by molar-refractivity contribution is 6.04. The third kappa shape index (κ3) is 1.57. The quantitative estimate of drug-likeness (QED) is 0.808. The molecule has 0 saturated heterocycles. The van der Waals surface area contributed by atoms with Crippen LogP contribution in [-0.2, 0) is 4.79 Å². The molecule has 0 aromatic heterocycles. The van der Waals surface area contributed by atoms with Crippen molar-refractivity contribution < 1.29 is 19.0 Å². The van der Waals surface area contributed by atoms with E-state index in [4.69, 9.17) is 19.9 Å². The van der Waals surface area contributed by atoms with Crippen molar-refractivity contribution in [2.75, 3.05) is 26.6 Å². The first kappa shape index (κ1) is 11.5. The fourth-order valence-electron chi connectivity index (χ4n) is 1.93. The number of nitrogens with one attached hydrogen (secondary N) is 1. The maximum Gasteiger partial charge on any atom is 0.246 e. The Kier molecular flexibility index (Phi) is 2.81. The van der Waals surface area contributed by atoms with Crippen LogP contribution in [0, 0.1) is 0 Å². The molecule has 1 aromatic rings. The average Bonchev–Trinajstić information content (AvgIpc) is 2.62. The number of carbonyl (C=O) groups excluding carboxylic acids is 1. The third-order valence-electron chi connectivity index (χ3n) is 2.72. The van der Waals surface area contributed by atoms with E-state index in [1.165, 1.54) is 21.3 Å². The van der Waals surface area contributed by atoms with Crippen LogP contribution in [0.3, 0.4) is 0 Å². The predicted octanol–water partition coefficient (Wildman–Crippen LogP) is 0.664. The van der Waals surface area contributed by atoms with Gasteiger partial charge in [0, 0.05) is 11.6 Å². The van der Waals surface area contributed by atoms with Gasteiger partial charge in [-0.2, -0.15) is 0 Å². The lowest BCUT2D eigenvalue weighted by atomic mass is 10.1. The summed E-state index contributed by atoms with van der Waals surface area (Å²) in [7, 11) is 4.51. The van der Waals surface area contributed by atoms with Gasteiger partial charge >= 0.3 is 0 Å². The van der Waals surface area contributed by atoms with E-state index in [-0.39, 0.29) is 5.91 Å². The summed E-state index contributed by atoms with van der Waals surface area (Å²) in [5.74, 6) is 1.07. The van der Waals surface area contributed by atoms with Gasteiger partial charge in [0.2, 0.25) is 11.7 Å². The first-order valence-corrected chi connectivity index (χ1v) is 5.03. The fraction of sp³-hybridized carbons (Fsp3) is 0.364. The van der Waals surface area contributed by atoms with Crippen molar-refractivity contribution in [1.29, 1.82) is 0 Å². The highest BCUT2D eigenvalue weighted by atomic mass is 16.5. The van der Waals surface area contributed by atoms with Gasteiger partial charge in [-0.1, -0.05) is 0 Å². The summed E-state index contributed by atoms with van der Waals surface area (Å²) in [6, 6.07) is 0.918. The molecular weight excluding hydrogens is 224 g/mol. The molecule has 6 heteroatoms. The van der Waals surface area contributed by atoms with Gasteiger partial charge in [-0.25, -0.2) is 0 Å². The average molecular weight is 238 g/mol. The summed E-state index contributed by atoms with van der Waals surface area (Å²) < 4.78 is 15.7. The number of benzene rings is 1. The molecule has 17 heavy (non-hydrogen) atoms. The molecule has 6 nitrogen and oxygen atoms in total. The second kappa shape index (κ2) is 4.14. The lowest BCUT2D eigenvalue weighted by Gasteiger charge is -2.16. The van der Waals surface area contributed by atoms with Gasteiger partial charge < -0.3 is 25.3 Å². The van der Waals surface area contributed by atoms with Crippen LogP contribution in [0.5, 0.6) is 17.2 Å². The van der Waals surface area contributed by atoms with Gasteiger partial charge in [0.1, 0.15) is 6.04 Å². The zero-order valence-corrected chi connectivity index (χ0v) is 9.87. The minimum absolute atomic E-state index is 0.270. The Morgan fingerprint density at radius 1 is 1.18 bits per heavy atom. The molecule has 0 spiro atoms. The number of hydrogen-bond donors (Lipinski definition) is 2. The van der Waals surface area contributed by atoms with Gasteiger partial charge in [0.25, 0.3) is 0 Å². The number of amides is 1. The number of carbonyl (C=O) groups is 1. The van der Waals surface area contributed by atoms with Crippen LogP contribution in [0.25, 0.3) is 0 Å². The van der Waals surface area contributed by atoms with Gasteiger partial charge in [0.15, 0.2) is 11.5 Å². The Bertz CT molecular complexity index is 473. The SMILES string of the molecule is COc1cc2c(c(OC)c1OC)C(N)C(=O)N2. The highest BCUT2D eigenvalue weighted by Gasteiger charge is 2.34. The molecule has 0 saturated carbocycles. The van der Waals surface area contributed by atoms with Gasteiger partial charge in [-0.3, -0.25) is 4.79 Å². The van der Waals surface area contributed by atoms with Crippen molar-refractivity contribution in [3.05, 3.63) is 11.6 Å². The minimum atomic E-state index is -0.750. The number of hydrogen-bond acceptors (Lipinski definition) is 5. The van der Waals surface area contributed by atoms with E-state index in [2.05, 4.69) is 5.32 Å². The molecule has 1 heterocycles. The van der Waals surface area contributed by atoms with Gasteiger partial charge in [-0.05, 0) is 0 Å². The van der Waals surface area contributed by atoms with E-state index in [0.29, 0.717) is 28.5 Å². The summed E-state index contributed by atoms with van der Waals surface area (Å²) in [5.41, 5.74) is 6.98. The van der Waals surface area contributed by atoms with E-state index in [0.717, 1.165) is 0 Å². The molecule has 0 fully saturated rings. The van der Waals surface area contributed by atoms with E-state index in [1.54, 1.807) is 6.07 Å². The molecule has 2 rings (SSSR count). The Balaban J connectivity index is 2.69. The normalized spacial score (nSPS) is 17.4.